The van der Waals surface area contributed by atoms with Crippen LogP contribution in [0.1, 0.15) is 21.6 Å². The minimum absolute atomic E-state index is 0.0285. The molecule has 0 N–H and O–H groups in total. The van der Waals surface area contributed by atoms with Crippen molar-refractivity contribution in [3.05, 3.63) is 102 Å². The molecule has 28 heavy (non-hydrogen) atoms. The van der Waals surface area contributed by atoms with E-state index in [1.807, 2.05) is 90.4 Å². The third-order valence-corrected chi connectivity index (χ3v) is 5.56. The Morgan fingerprint density at radius 3 is 2.50 bits per heavy atom. The maximum Gasteiger partial charge on any atom is 0.253 e. The Bertz CT molecular complexity index is 1040. The van der Waals surface area contributed by atoms with E-state index in [1.54, 1.807) is 16.7 Å². The van der Waals surface area contributed by atoms with Gasteiger partial charge in [-0.05, 0) is 42.0 Å². The number of fused-ring (bicyclic) bond motifs is 1. The molecule has 0 unspecified atom stereocenters. The number of carbonyl (C=O) groups is 1. The number of amides is 1. The van der Waals surface area contributed by atoms with Crippen LogP contribution in [0.15, 0.2) is 90.1 Å². The van der Waals surface area contributed by atoms with E-state index in [0.717, 1.165) is 27.6 Å². The SMILES string of the molecule is CN(Cc1ccccc1)C(=O)c1ccc(SCc2cn3ccccc3n2)cc1. The molecule has 4 aromatic rings. The van der Waals surface area contributed by atoms with Crippen LogP contribution in [0.5, 0.6) is 0 Å². The number of carbonyl (C=O) groups excluding carboxylic acids is 1. The lowest BCUT2D eigenvalue weighted by atomic mass is 10.1. The standard InChI is InChI=1S/C23H21N3OS/c1-25(15-18-7-3-2-4-8-18)23(27)19-10-12-21(13-11-19)28-17-20-16-26-14-6-5-9-22(26)24-20/h2-14,16H,15,17H2,1H3. The summed E-state index contributed by atoms with van der Waals surface area (Å²) in [4.78, 5) is 20.1. The molecule has 0 fully saturated rings. The van der Waals surface area contributed by atoms with Crippen molar-refractivity contribution >= 4 is 23.3 Å². The highest BCUT2D eigenvalue weighted by Gasteiger charge is 2.12. The maximum atomic E-state index is 12.6. The fourth-order valence-electron chi connectivity index (χ4n) is 3.06. The Labute approximate surface area is 168 Å². The van der Waals surface area contributed by atoms with Crippen molar-refractivity contribution in [3.63, 3.8) is 0 Å². The molecule has 0 bridgehead atoms. The molecule has 1 amide bonds. The molecule has 0 aliphatic rings. The monoisotopic (exact) mass is 387 g/mol. The largest absolute Gasteiger partial charge is 0.337 e. The summed E-state index contributed by atoms with van der Waals surface area (Å²) in [6, 6.07) is 23.8. The zero-order valence-electron chi connectivity index (χ0n) is 15.7. The van der Waals surface area contributed by atoms with Crippen LogP contribution in [-0.4, -0.2) is 27.2 Å². The predicted molar refractivity (Wildman–Crippen MR) is 113 cm³/mol. The first-order chi connectivity index (χ1) is 13.7. The number of aromatic nitrogens is 2. The number of nitrogens with zero attached hydrogens (tertiary/aromatic N) is 3. The molecule has 5 heteroatoms. The Hall–Kier alpha value is -3.05. The summed E-state index contributed by atoms with van der Waals surface area (Å²) in [5, 5.41) is 0. The zero-order valence-corrected chi connectivity index (χ0v) is 16.5. The van der Waals surface area contributed by atoms with Gasteiger partial charge in [0.1, 0.15) is 5.65 Å². The maximum absolute atomic E-state index is 12.6. The van der Waals surface area contributed by atoms with Gasteiger partial charge in [-0.25, -0.2) is 4.98 Å². The summed E-state index contributed by atoms with van der Waals surface area (Å²) in [5.41, 5.74) is 3.83. The third kappa shape index (κ3) is 4.26. The van der Waals surface area contributed by atoms with Crippen LogP contribution >= 0.6 is 11.8 Å². The van der Waals surface area contributed by atoms with E-state index >= 15 is 0 Å². The topological polar surface area (TPSA) is 37.6 Å². The summed E-state index contributed by atoms with van der Waals surface area (Å²) < 4.78 is 2.03. The number of thioether (sulfide) groups is 1. The summed E-state index contributed by atoms with van der Waals surface area (Å²) in [6.07, 6.45) is 4.06. The lowest BCUT2D eigenvalue weighted by Crippen LogP contribution is -2.26. The molecule has 140 valence electrons. The smallest absolute Gasteiger partial charge is 0.253 e. The molecule has 0 aliphatic carbocycles. The summed E-state index contributed by atoms with van der Waals surface area (Å²) >= 11 is 1.72. The van der Waals surface area contributed by atoms with Gasteiger partial charge in [0.05, 0.1) is 5.69 Å². The molecule has 4 rings (SSSR count). The van der Waals surface area contributed by atoms with Gasteiger partial charge in [-0.15, -0.1) is 11.8 Å². The second-order valence-corrected chi connectivity index (χ2v) is 7.71. The van der Waals surface area contributed by atoms with Crippen molar-refractivity contribution in [3.8, 4) is 0 Å². The van der Waals surface area contributed by atoms with E-state index in [1.165, 1.54) is 0 Å². The fourth-order valence-corrected chi connectivity index (χ4v) is 3.84. The van der Waals surface area contributed by atoms with Crippen LogP contribution in [0, 0.1) is 0 Å². The number of imidazole rings is 1. The van der Waals surface area contributed by atoms with E-state index in [-0.39, 0.29) is 5.91 Å². The van der Waals surface area contributed by atoms with Gasteiger partial charge in [0.15, 0.2) is 0 Å². The molecule has 0 atom stereocenters. The first kappa shape index (κ1) is 18.3. The molecular weight excluding hydrogens is 366 g/mol. The van der Waals surface area contributed by atoms with Crippen LogP contribution in [0.3, 0.4) is 0 Å². The van der Waals surface area contributed by atoms with E-state index in [2.05, 4.69) is 11.2 Å². The lowest BCUT2D eigenvalue weighted by molar-refractivity contribution is 0.0785. The molecule has 0 saturated carbocycles. The molecule has 0 radical (unpaired) electrons. The molecule has 0 aliphatic heterocycles. The highest BCUT2D eigenvalue weighted by Crippen LogP contribution is 2.23. The van der Waals surface area contributed by atoms with Crippen LogP contribution < -0.4 is 0 Å². The fraction of sp³-hybridized carbons (Fsp3) is 0.130. The molecule has 0 spiro atoms. The normalized spacial score (nSPS) is 10.9. The Morgan fingerprint density at radius 2 is 1.75 bits per heavy atom. The lowest BCUT2D eigenvalue weighted by Gasteiger charge is -2.17. The summed E-state index contributed by atoms with van der Waals surface area (Å²) in [7, 11) is 1.83. The van der Waals surface area contributed by atoms with Crippen molar-refractivity contribution < 1.29 is 4.79 Å². The van der Waals surface area contributed by atoms with E-state index < -0.39 is 0 Å². The number of hydrogen-bond acceptors (Lipinski definition) is 3. The molecular formula is C23H21N3OS. The Morgan fingerprint density at radius 1 is 1.00 bits per heavy atom. The second kappa shape index (κ2) is 8.31. The van der Waals surface area contributed by atoms with Gasteiger partial charge < -0.3 is 9.30 Å². The van der Waals surface area contributed by atoms with Gasteiger partial charge >= 0.3 is 0 Å². The van der Waals surface area contributed by atoms with E-state index in [9.17, 15) is 4.79 Å². The zero-order chi connectivity index (χ0) is 19.3. The van der Waals surface area contributed by atoms with Crippen LogP contribution in [0.4, 0.5) is 0 Å². The average Bonchev–Trinajstić information content (AvgIpc) is 3.16. The van der Waals surface area contributed by atoms with Gasteiger partial charge in [0, 0.05) is 42.2 Å². The average molecular weight is 388 g/mol. The first-order valence-electron chi connectivity index (χ1n) is 9.14. The number of hydrogen-bond donors (Lipinski definition) is 0. The number of benzene rings is 2. The van der Waals surface area contributed by atoms with Gasteiger partial charge in [0.2, 0.25) is 0 Å². The predicted octanol–water partition coefficient (Wildman–Crippen LogP) is 4.90. The van der Waals surface area contributed by atoms with Crippen LogP contribution in [0.2, 0.25) is 0 Å². The van der Waals surface area contributed by atoms with Crippen molar-refractivity contribution in [2.75, 3.05) is 7.05 Å². The van der Waals surface area contributed by atoms with Crippen molar-refractivity contribution in [2.24, 2.45) is 0 Å². The van der Waals surface area contributed by atoms with Crippen molar-refractivity contribution in [2.45, 2.75) is 17.2 Å². The third-order valence-electron chi connectivity index (χ3n) is 4.51. The number of rotatable bonds is 6. The number of pyridine rings is 1. The van der Waals surface area contributed by atoms with E-state index in [4.69, 9.17) is 0 Å². The summed E-state index contributed by atoms with van der Waals surface area (Å²) in [5.74, 6) is 0.823. The van der Waals surface area contributed by atoms with Gasteiger partial charge in [0.25, 0.3) is 5.91 Å². The van der Waals surface area contributed by atoms with Crippen LogP contribution in [-0.2, 0) is 12.3 Å². The molecule has 2 aromatic carbocycles. The minimum atomic E-state index is 0.0285. The van der Waals surface area contributed by atoms with Gasteiger partial charge in [-0.2, -0.15) is 0 Å². The quantitative estimate of drug-likeness (QED) is 0.442. The van der Waals surface area contributed by atoms with Crippen molar-refractivity contribution in [1.82, 2.24) is 14.3 Å². The first-order valence-corrected chi connectivity index (χ1v) is 10.1. The molecule has 4 nitrogen and oxygen atoms in total. The van der Waals surface area contributed by atoms with Crippen molar-refractivity contribution in [1.29, 1.82) is 0 Å². The Kier molecular flexibility index (Phi) is 5.44. The highest BCUT2D eigenvalue weighted by molar-refractivity contribution is 7.98. The van der Waals surface area contributed by atoms with Gasteiger partial charge in [-0.3, -0.25) is 4.79 Å². The van der Waals surface area contributed by atoms with E-state index in [0.29, 0.717) is 12.1 Å². The Balaban J connectivity index is 1.37. The second-order valence-electron chi connectivity index (χ2n) is 6.66. The highest BCUT2D eigenvalue weighted by atomic mass is 32.2. The van der Waals surface area contributed by atoms with Gasteiger partial charge in [-0.1, -0.05) is 36.4 Å². The summed E-state index contributed by atoms with van der Waals surface area (Å²) in [6.45, 7) is 0.601. The molecule has 2 aromatic heterocycles. The minimum Gasteiger partial charge on any atom is -0.337 e. The molecule has 0 saturated heterocycles. The molecule has 2 heterocycles. The van der Waals surface area contributed by atoms with Crippen LogP contribution in [0.25, 0.3) is 5.65 Å².